The lowest BCUT2D eigenvalue weighted by Crippen LogP contribution is -2.38. The monoisotopic (exact) mass is 407 g/mol. The van der Waals surface area contributed by atoms with Crippen LogP contribution in [0.15, 0.2) is 11.4 Å². The van der Waals surface area contributed by atoms with E-state index in [0.717, 1.165) is 19.4 Å². The fourth-order valence-corrected chi connectivity index (χ4v) is 4.81. The Labute approximate surface area is 140 Å². The number of nitrogens with one attached hydrogen (secondary N) is 1. The fraction of sp³-hybridized carbons (Fsp3) is 0.750. The third kappa shape index (κ3) is 3.76. The highest BCUT2D eigenvalue weighted by molar-refractivity contribution is 14.1. The summed E-state index contributed by atoms with van der Waals surface area (Å²) >= 11 is 4.24. The molecule has 1 fully saturated rings. The molecule has 0 amide bonds. The van der Waals surface area contributed by atoms with Crippen molar-refractivity contribution in [3.8, 4) is 0 Å². The van der Waals surface area contributed by atoms with E-state index in [0.29, 0.717) is 12.0 Å². The third-order valence-corrected chi connectivity index (χ3v) is 5.91. The first-order chi connectivity index (χ1) is 9.25. The van der Waals surface area contributed by atoms with E-state index >= 15 is 0 Å². The van der Waals surface area contributed by atoms with E-state index in [1.54, 1.807) is 0 Å². The summed E-state index contributed by atoms with van der Waals surface area (Å²) < 4.78 is 7.66. The highest BCUT2D eigenvalue weighted by Crippen LogP contribution is 2.48. The number of thiophene rings is 1. The van der Waals surface area contributed by atoms with E-state index in [9.17, 15) is 0 Å². The van der Waals surface area contributed by atoms with Crippen LogP contribution in [0, 0.1) is 8.80 Å². The molecule has 0 spiro atoms. The number of rotatable bonds is 5. The van der Waals surface area contributed by atoms with Gasteiger partial charge in [0.25, 0.3) is 0 Å². The highest BCUT2D eigenvalue weighted by Gasteiger charge is 2.49. The Balaban J connectivity index is 2.27. The van der Waals surface area contributed by atoms with Crippen molar-refractivity contribution in [2.45, 2.75) is 64.7 Å². The van der Waals surface area contributed by atoms with Crippen LogP contribution in [0.2, 0.25) is 0 Å². The zero-order valence-electron chi connectivity index (χ0n) is 13.1. The summed E-state index contributed by atoms with van der Waals surface area (Å²) in [6.07, 6.45) is 2.27. The van der Waals surface area contributed by atoms with Crippen LogP contribution in [0.5, 0.6) is 0 Å². The van der Waals surface area contributed by atoms with Gasteiger partial charge in [0.1, 0.15) is 0 Å². The number of halogens is 1. The summed E-state index contributed by atoms with van der Waals surface area (Å²) in [6.45, 7) is 12.2. The molecule has 1 aliphatic heterocycles. The Hall–Kier alpha value is 0.350. The van der Waals surface area contributed by atoms with Gasteiger partial charge in [0.15, 0.2) is 0 Å². The first-order valence-corrected chi connectivity index (χ1v) is 9.38. The molecule has 1 aromatic heterocycles. The molecule has 2 rings (SSSR count). The van der Waals surface area contributed by atoms with Crippen molar-refractivity contribution >= 4 is 33.9 Å². The average molecular weight is 407 g/mol. The lowest BCUT2D eigenvalue weighted by Gasteiger charge is -2.33. The van der Waals surface area contributed by atoms with Crippen LogP contribution in [0.25, 0.3) is 0 Å². The first-order valence-electron chi connectivity index (χ1n) is 7.42. The normalized spacial score (nSPS) is 25.8. The molecule has 0 bridgehead atoms. The van der Waals surface area contributed by atoms with Crippen molar-refractivity contribution in [2.24, 2.45) is 5.92 Å². The topological polar surface area (TPSA) is 21.3 Å². The Bertz CT molecular complexity index is 455. The molecule has 20 heavy (non-hydrogen) atoms. The van der Waals surface area contributed by atoms with Gasteiger partial charge in [-0.1, -0.05) is 6.92 Å². The highest BCUT2D eigenvalue weighted by atomic mass is 127. The van der Waals surface area contributed by atoms with Crippen LogP contribution >= 0.6 is 33.9 Å². The second kappa shape index (κ2) is 6.23. The zero-order valence-corrected chi connectivity index (χ0v) is 16.1. The minimum Gasteiger partial charge on any atom is -0.369 e. The maximum atomic E-state index is 6.30. The van der Waals surface area contributed by atoms with Gasteiger partial charge in [0.05, 0.1) is 14.1 Å². The van der Waals surface area contributed by atoms with Gasteiger partial charge in [-0.15, -0.1) is 11.3 Å². The Kier molecular flexibility index (Phi) is 5.20. The molecular weight excluding hydrogens is 381 g/mol. The zero-order chi connectivity index (χ0) is 15.0. The minimum atomic E-state index is -0.0811. The minimum absolute atomic E-state index is 0.0243. The molecule has 0 aromatic carbocycles. The van der Waals surface area contributed by atoms with Crippen molar-refractivity contribution in [2.75, 3.05) is 6.54 Å². The van der Waals surface area contributed by atoms with Crippen molar-refractivity contribution in [3.63, 3.8) is 0 Å². The number of hydrogen-bond donors (Lipinski definition) is 1. The second-order valence-corrected chi connectivity index (χ2v) is 9.70. The van der Waals surface area contributed by atoms with E-state index in [-0.39, 0.29) is 11.2 Å². The van der Waals surface area contributed by atoms with Crippen LogP contribution in [-0.4, -0.2) is 17.7 Å². The summed E-state index contributed by atoms with van der Waals surface area (Å²) in [7, 11) is 0. The predicted octanol–water partition coefficient (Wildman–Crippen LogP) is 4.99. The third-order valence-electron chi connectivity index (χ3n) is 4.11. The molecule has 2 heterocycles. The summed E-state index contributed by atoms with van der Waals surface area (Å²) in [5, 5.41) is 6.06. The largest absolute Gasteiger partial charge is 0.369 e. The molecule has 2 atom stereocenters. The lowest BCUT2D eigenvalue weighted by atomic mass is 9.79. The van der Waals surface area contributed by atoms with Gasteiger partial charge in [0.2, 0.25) is 0 Å². The summed E-state index contributed by atoms with van der Waals surface area (Å²) in [4.78, 5) is 0. The summed E-state index contributed by atoms with van der Waals surface area (Å²) in [5.74, 6) is 0.509. The smallest absolute Gasteiger partial charge is 0.0681 e. The van der Waals surface area contributed by atoms with E-state index in [4.69, 9.17) is 4.74 Å². The van der Waals surface area contributed by atoms with Crippen molar-refractivity contribution in [3.05, 3.63) is 19.9 Å². The van der Waals surface area contributed by atoms with Gasteiger partial charge in [-0.25, -0.2) is 0 Å². The summed E-state index contributed by atoms with van der Waals surface area (Å²) in [5.41, 5.74) is 1.32. The van der Waals surface area contributed by atoms with Gasteiger partial charge in [-0.2, -0.15) is 0 Å². The summed E-state index contributed by atoms with van der Waals surface area (Å²) in [6, 6.07) is 2.71. The second-order valence-electron chi connectivity index (χ2n) is 6.89. The quantitative estimate of drug-likeness (QED) is 0.695. The van der Waals surface area contributed by atoms with Crippen LogP contribution < -0.4 is 5.32 Å². The van der Waals surface area contributed by atoms with Gasteiger partial charge < -0.3 is 10.1 Å². The molecule has 114 valence electrons. The molecule has 0 saturated carbocycles. The molecule has 1 N–H and O–H groups in total. The molecule has 0 aliphatic carbocycles. The SMILES string of the molecule is CCCNC(c1csc(I)c1)C1CC(C)(C)OC1(C)C. The van der Waals surface area contributed by atoms with E-state index in [1.165, 1.54) is 8.45 Å². The van der Waals surface area contributed by atoms with Crippen molar-refractivity contribution < 1.29 is 4.74 Å². The molecule has 1 aliphatic rings. The molecule has 1 saturated heterocycles. The van der Waals surface area contributed by atoms with Gasteiger partial charge in [0, 0.05) is 12.0 Å². The number of ether oxygens (including phenoxy) is 1. The van der Waals surface area contributed by atoms with Crippen LogP contribution in [0.4, 0.5) is 0 Å². The van der Waals surface area contributed by atoms with Gasteiger partial charge >= 0.3 is 0 Å². The molecular formula is C16H26INOS. The fourth-order valence-electron chi connectivity index (χ4n) is 3.40. The van der Waals surface area contributed by atoms with Gasteiger partial charge in [-0.05, 0) is 86.7 Å². The van der Waals surface area contributed by atoms with E-state index < -0.39 is 0 Å². The molecule has 1 aromatic rings. The lowest BCUT2D eigenvalue weighted by molar-refractivity contribution is -0.0778. The van der Waals surface area contributed by atoms with Crippen LogP contribution in [0.3, 0.4) is 0 Å². The average Bonchev–Trinajstić information content (AvgIpc) is 2.81. The predicted molar refractivity (Wildman–Crippen MR) is 95.4 cm³/mol. The first kappa shape index (κ1) is 16.7. The molecule has 0 radical (unpaired) electrons. The Morgan fingerprint density at radius 2 is 2.15 bits per heavy atom. The number of hydrogen-bond acceptors (Lipinski definition) is 3. The Morgan fingerprint density at radius 3 is 2.60 bits per heavy atom. The molecule has 2 unspecified atom stereocenters. The maximum Gasteiger partial charge on any atom is 0.0681 e. The van der Waals surface area contributed by atoms with E-state index in [2.05, 4.69) is 74.0 Å². The Morgan fingerprint density at radius 1 is 1.45 bits per heavy atom. The molecule has 4 heteroatoms. The standard InChI is InChI=1S/C16H26INOS/c1-6-7-18-14(11-8-13(17)20-10-11)12-9-15(2,3)19-16(12,4)5/h8,10,12,14,18H,6-7,9H2,1-5H3. The van der Waals surface area contributed by atoms with Crippen molar-refractivity contribution in [1.82, 2.24) is 5.32 Å². The van der Waals surface area contributed by atoms with Crippen LogP contribution in [-0.2, 0) is 4.74 Å². The van der Waals surface area contributed by atoms with E-state index in [1.807, 2.05) is 11.3 Å². The van der Waals surface area contributed by atoms with Crippen LogP contribution in [0.1, 0.15) is 59.1 Å². The molecule has 2 nitrogen and oxygen atoms in total. The maximum absolute atomic E-state index is 6.30. The van der Waals surface area contributed by atoms with Gasteiger partial charge in [-0.3, -0.25) is 0 Å². The van der Waals surface area contributed by atoms with Crippen molar-refractivity contribution in [1.29, 1.82) is 0 Å².